The van der Waals surface area contributed by atoms with Crippen LogP contribution in [0.1, 0.15) is 53.9 Å². The summed E-state index contributed by atoms with van der Waals surface area (Å²) in [6.07, 6.45) is 6.83. The molecule has 0 saturated carbocycles. The van der Waals surface area contributed by atoms with Gasteiger partial charge in [-0.25, -0.2) is 9.97 Å². The highest BCUT2D eigenvalue weighted by atomic mass is 16.5. The number of benzene rings is 1. The highest BCUT2D eigenvalue weighted by Gasteiger charge is 2.20. The van der Waals surface area contributed by atoms with Gasteiger partial charge in [0, 0.05) is 43.8 Å². The third-order valence-corrected chi connectivity index (χ3v) is 5.68. The summed E-state index contributed by atoms with van der Waals surface area (Å²) in [6, 6.07) is 7.79. The number of carbonyl (C=O) groups is 1. The lowest BCUT2D eigenvalue weighted by Crippen LogP contribution is -2.28. The van der Waals surface area contributed by atoms with Crippen LogP contribution in [-0.2, 0) is 16.9 Å². The van der Waals surface area contributed by atoms with Gasteiger partial charge < -0.3 is 20.5 Å². The fourth-order valence-corrected chi connectivity index (χ4v) is 3.88. The monoisotopic (exact) mass is 450 g/mol. The molecule has 1 aliphatic rings. The van der Waals surface area contributed by atoms with Gasteiger partial charge >= 0.3 is 0 Å². The number of carbonyl (C=O) groups excluding carboxylic acids is 1. The Morgan fingerprint density at radius 3 is 2.76 bits per heavy atom. The van der Waals surface area contributed by atoms with E-state index >= 15 is 0 Å². The molecule has 0 unspecified atom stereocenters. The first-order valence-electron chi connectivity index (χ1n) is 11.1. The van der Waals surface area contributed by atoms with Gasteiger partial charge in [-0.3, -0.25) is 9.36 Å². The maximum Gasteiger partial charge on any atom is 0.271 e. The molecule has 9 nitrogen and oxygen atoms in total. The molecule has 1 saturated heterocycles. The third kappa shape index (κ3) is 5.55. The lowest BCUT2D eigenvalue weighted by molar-refractivity contribution is 0.0770. The average molecular weight is 451 g/mol. The molecule has 33 heavy (non-hydrogen) atoms. The normalized spacial score (nSPS) is 14.8. The molecule has 1 fully saturated rings. The van der Waals surface area contributed by atoms with Crippen LogP contribution in [-0.4, -0.2) is 49.8 Å². The van der Waals surface area contributed by atoms with E-state index in [-0.39, 0.29) is 24.2 Å². The number of anilines is 1. The number of ether oxygens (including phenoxy) is 1. The molecular weight excluding hydrogens is 420 g/mol. The number of rotatable bonds is 7. The Bertz CT molecular complexity index is 1120. The quantitative estimate of drug-likeness (QED) is 0.507. The van der Waals surface area contributed by atoms with Crippen molar-refractivity contribution in [3.05, 3.63) is 65.4 Å². The number of imidazole rings is 1. The maximum atomic E-state index is 12.7. The SMILES string of the molecule is Cc1cnc(NC2CCOCC2)nc1-n1cnc(C(=O)NCc2ccccc2C(C)(C)O)c1. The van der Waals surface area contributed by atoms with Crippen molar-refractivity contribution in [2.75, 3.05) is 18.5 Å². The summed E-state index contributed by atoms with van der Waals surface area (Å²) in [5.74, 6) is 0.912. The van der Waals surface area contributed by atoms with Crippen LogP contribution >= 0.6 is 0 Å². The second-order valence-corrected chi connectivity index (χ2v) is 8.80. The van der Waals surface area contributed by atoms with Crippen LogP contribution < -0.4 is 10.6 Å². The molecule has 3 aromatic rings. The lowest BCUT2D eigenvalue weighted by Gasteiger charge is -2.23. The van der Waals surface area contributed by atoms with Gasteiger partial charge in [-0.15, -0.1) is 0 Å². The smallest absolute Gasteiger partial charge is 0.271 e. The first-order valence-corrected chi connectivity index (χ1v) is 11.1. The van der Waals surface area contributed by atoms with Crippen molar-refractivity contribution in [1.82, 2.24) is 24.8 Å². The van der Waals surface area contributed by atoms with Crippen molar-refractivity contribution in [3.8, 4) is 5.82 Å². The number of amides is 1. The molecule has 4 rings (SSSR count). The van der Waals surface area contributed by atoms with E-state index in [9.17, 15) is 9.90 Å². The van der Waals surface area contributed by atoms with Crippen molar-refractivity contribution >= 4 is 11.9 Å². The van der Waals surface area contributed by atoms with Crippen molar-refractivity contribution in [3.63, 3.8) is 0 Å². The highest BCUT2D eigenvalue weighted by Crippen LogP contribution is 2.23. The summed E-state index contributed by atoms with van der Waals surface area (Å²) in [6.45, 7) is 7.13. The third-order valence-electron chi connectivity index (χ3n) is 5.68. The maximum absolute atomic E-state index is 12.7. The Morgan fingerprint density at radius 2 is 2.00 bits per heavy atom. The van der Waals surface area contributed by atoms with E-state index in [2.05, 4.69) is 25.6 Å². The van der Waals surface area contributed by atoms with Crippen molar-refractivity contribution in [2.24, 2.45) is 0 Å². The number of aromatic nitrogens is 4. The van der Waals surface area contributed by atoms with Gasteiger partial charge in [0.1, 0.15) is 17.8 Å². The summed E-state index contributed by atoms with van der Waals surface area (Å²) in [5, 5.41) is 16.6. The van der Waals surface area contributed by atoms with Gasteiger partial charge in [0.25, 0.3) is 5.91 Å². The van der Waals surface area contributed by atoms with Gasteiger partial charge in [0.05, 0.1) is 5.60 Å². The number of hydrogen-bond acceptors (Lipinski definition) is 7. The fourth-order valence-electron chi connectivity index (χ4n) is 3.88. The minimum absolute atomic E-state index is 0.283. The fraction of sp³-hybridized carbons (Fsp3) is 0.417. The summed E-state index contributed by atoms with van der Waals surface area (Å²) >= 11 is 0. The van der Waals surface area contributed by atoms with E-state index in [0.29, 0.717) is 11.8 Å². The van der Waals surface area contributed by atoms with Gasteiger partial charge in [-0.1, -0.05) is 24.3 Å². The van der Waals surface area contributed by atoms with Crippen LogP contribution in [0, 0.1) is 6.92 Å². The Morgan fingerprint density at radius 1 is 1.24 bits per heavy atom. The number of hydrogen-bond donors (Lipinski definition) is 3. The van der Waals surface area contributed by atoms with Crippen LogP contribution in [0.2, 0.25) is 0 Å². The first kappa shape index (κ1) is 22.9. The largest absolute Gasteiger partial charge is 0.386 e. The molecule has 3 N–H and O–H groups in total. The molecule has 0 atom stereocenters. The second-order valence-electron chi connectivity index (χ2n) is 8.80. The molecule has 1 aromatic carbocycles. The van der Waals surface area contributed by atoms with Crippen LogP contribution in [0.25, 0.3) is 5.82 Å². The minimum Gasteiger partial charge on any atom is -0.386 e. The Balaban J connectivity index is 1.46. The summed E-state index contributed by atoms with van der Waals surface area (Å²) < 4.78 is 7.13. The standard InChI is InChI=1S/C24H30N6O3/c1-16-12-26-23(28-18-8-10-33-11-9-18)29-21(16)30-14-20(27-15-30)22(31)25-13-17-6-4-5-7-19(17)24(2,3)32/h4-7,12,14-15,18,32H,8-11,13H2,1-3H3,(H,25,31)(H,26,28,29). The van der Waals surface area contributed by atoms with Crippen LogP contribution in [0.5, 0.6) is 0 Å². The molecule has 1 amide bonds. The van der Waals surface area contributed by atoms with Gasteiger partial charge in [0.2, 0.25) is 5.95 Å². The van der Waals surface area contributed by atoms with Gasteiger partial charge in [-0.05, 0) is 44.7 Å². The van der Waals surface area contributed by atoms with E-state index in [0.717, 1.165) is 42.7 Å². The summed E-state index contributed by atoms with van der Waals surface area (Å²) in [7, 11) is 0. The Kier molecular flexibility index (Phi) is 6.71. The second kappa shape index (κ2) is 9.68. The molecule has 0 radical (unpaired) electrons. The molecule has 0 aliphatic carbocycles. The predicted octanol–water partition coefficient (Wildman–Crippen LogP) is 2.72. The van der Waals surface area contributed by atoms with Crippen LogP contribution in [0.15, 0.2) is 43.0 Å². The predicted molar refractivity (Wildman–Crippen MR) is 124 cm³/mol. The minimum atomic E-state index is -0.996. The lowest BCUT2D eigenvalue weighted by atomic mass is 9.93. The average Bonchev–Trinajstić information content (AvgIpc) is 3.29. The van der Waals surface area contributed by atoms with Gasteiger partial charge in [0.15, 0.2) is 0 Å². The zero-order valence-corrected chi connectivity index (χ0v) is 19.2. The molecule has 1 aliphatic heterocycles. The van der Waals surface area contributed by atoms with E-state index in [1.54, 1.807) is 37.1 Å². The molecule has 9 heteroatoms. The number of nitrogens with one attached hydrogen (secondary N) is 2. The Hall–Kier alpha value is -3.30. The summed E-state index contributed by atoms with van der Waals surface area (Å²) in [4.78, 5) is 26.0. The summed E-state index contributed by atoms with van der Waals surface area (Å²) in [5.41, 5.74) is 1.79. The number of aliphatic hydroxyl groups is 1. The molecule has 3 heterocycles. The van der Waals surface area contributed by atoms with E-state index < -0.39 is 5.60 Å². The molecule has 174 valence electrons. The number of nitrogens with zero attached hydrogens (tertiary/aromatic N) is 4. The zero-order valence-electron chi connectivity index (χ0n) is 19.2. The zero-order chi connectivity index (χ0) is 23.4. The topological polar surface area (TPSA) is 114 Å². The Labute approximate surface area is 193 Å². The van der Waals surface area contributed by atoms with E-state index in [4.69, 9.17) is 4.74 Å². The molecule has 0 spiro atoms. The highest BCUT2D eigenvalue weighted by molar-refractivity contribution is 5.92. The number of aryl methyl sites for hydroxylation is 1. The van der Waals surface area contributed by atoms with E-state index in [1.165, 1.54) is 0 Å². The van der Waals surface area contributed by atoms with Crippen molar-refractivity contribution < 1.29 is 14.6 Å². The van der Waals surface area contributed by atoms with Crippen molar-refractivity contribution in [2.45, 2.75) is 51.8 Å². The van der Waals surface area contributed by atoms with E-state index in [1.807, 2.05) is 31.2 Å². The van der Waals surface area contributed by atoms with Crippen molar-refractivity contribution in [1.29, 1.82) is 0 Å². The van der Waals surface area contributed by atoms with Gasteiger partial charge in [-0.2, -0.15) is 4.98 Å². The van der Waals surface area contributed by atoms with Crippen LogP contribution in [0.4, 0.5) is 5.95 Å². The molecule has 0 bridgehead atoms. The molecular formula is C24H30N6O3. The first-order chi connectivity index (χ1) is 15.8. The van der Waals surface area contributed by atoms with Crippen LogP contribution in [0.3, 0.4) is 0 Å². The molecule has 2 aromatic heterocycles.